The summed E-state index contributed by atoms with van der Waals surface area (Å²) in [7, 11) is 0. The molecule has 5 rings (SSSR count). The number of pyridine rings is 1. The van der Waals surface area contributed by atoms with Gasteiger partial charge in [-0.15, -0.1) is 13.2 Å². The number of hydrogen-bond donors (Lipinski definition) is 1. The van der Waals surface area contributed by atoms with Crippen LogP contribution in [0.2, 0.25) is 0 Å². The Morgan fingerprint density at radius 3 is 2.61 bits per heavy atom. The minimum atomic E-state index is -4.60. The number of alkyl halides is 3. The number of fused-ring (bicyclic) bond motifs is 1. The fourth-order valence-corrected chi connectivity index (χ4v) is 3.95. The largest absolute Gasteiger partial charge is 0.573 e. The second-order valence-corrected chi connectivity index (χ2v) is 8.11. The maximum absolute atomic E-state index is 12.7. The van der Waals surface area contributed by atoms with E-state index in [0.29, 0.717) is 31.6 Å². The summed E-state index contributed by atoms with van der Waals surface area (Å²) < 4.78 is 43.7. The predicted octanol–water partition coefficient (Wildman–Crippen LogP) is 5.05. The molecule has 0 aliphatic carbocycles. The molecule has 1 saturated heterocycles. The third kappa shape index (κ3) is 6.53. The van der Waals surface area contributed by atoms with Crippen molar-refractivity contribution in [3.05, 3.63) is 84.2 Å². The molecule has 3 heterocycles. The van der Waals surface area contributed by atoms with Crippen molar-refractivity contribution in [1.29, 1.82) is 0 Å². The number of anilines is 1. The molecule has 0 saturated carbocycles. The highest BCUT2D eigenvalue weighted by atomic mass is 19.4. The molecule has 7 nitrogen and oxygen atoms in total. The lowest BCUT2D eigenvalue weighted by atomic mass is 10.1. The van der Waals surface area contributed by atoms with E-state index in [1.165, 1.54) is 24.3 Å². The number of amides is 2. The summed E-state index contributed by atoms with van der Waals surface area (Å²) in [5.41, 5.74) is 2.08. The quantitative estimate of drug-likeness (QED) is 0.544. The first-order chi connectivity index (χ1) is 17.3. The van der Waals surface area contributed by atoms with Crippen LogP contribution in [-0.4, -0.2) is 36.3 Å². The van der Waals surface area contributed by atoms with Gasteiger partial charge in [-0.1, -0.05) is 24.3 Å². The molecule has 2 aliphatic rings. The first kappa shape index (κ1) is 25.0. The van der Waals surface area contributed by atoms with Gasteiger partial charge in [0.1, 0.15) is 17.2 Å². The molecule has 10 heteroatoms. The van der Waals surface area contributed by atoms with Crippen molar-refractivity contribution in [3.63, 3.8) is 0 Å². The Labute approximate surface area is 205 Å². The molecule has 1 N–H and O–H groups in total. The van der Waals surface area contributed by atoms with E-state index >= 15 is 0 Å². The van der Waals surface area contributed by atoms with Crippen LogP contribution in [0.25, 0.3) is 0 Å². The molecule has 1 fully saturated rings. The van der Waals surface area contributed by atoms with Gasteiger partial charge in [0, 0.05) is 36.8 Å². The van der Waals surface area contributed by atoms with Crippen LogP contribution in [0, 0.1) is 0 Å². The van der Waals surface area contributed by atoms with Crippen LogP contribution in [0.4, 0.5) is 18.9 Å². The van der Waals surface area contributed by atoms with E-state index in [2.05, 4.69) is 15.0 Å². The fraction of sp³-hybridized carbons (Fsp3) is 0.269. The number of nitrogens with one attached hydrogen (secondary N) is 1. The number of benzene rings is 2. The highest BCUT2D eigenvalue weighted by molar-refractivity contribution is 5.99. The summed E-state index contributed by atoms with van der Waals surface area (Å²) >= 11 is 0. The van der Waals surface area contributed by atoms with Gasteiger partial charge >= 0.3 is 6.36 Å². The zero-order chi connectivity index (χ0) is 25.5. The third-order valence-electron chi connectivity index (χ3n) is 5.57. The number of hydrogen-bond acceptors (Lipinski definition) is 5. The number of carbonyl (C=O) groups excluding carboxylic acids is 2. The zero-order valence-electron chi connectivity index (χ0n) is 19.2. The summed E-state index contributed by atoms with van der Waals surface area (Å²) in [4.78, 5) is 30.7. The lowest BCUT2D eigenvalue weighted by Crippen LogP contribution is -2.33. The first-order valence-corrected chi connectivity index (χ1v) is 11.4. The molecule has 36 heavy (non-hydrogen) atoms. The number of rotatable bonds is 4. The van der Waals surface area contributed by atoms with Crippen LogP contribution < -0.4 is 19.7 Å². The molecule has 2 aliphatic heterocycles. The molecule has 0 radical (unpaired) electrons. The van der Waals surface area contributed by atoms with E-state index < -0.39 is 6.36 Å². The molecule has 0 spiro atoms. The van der Waals surface area contributed by atoms with Crippen molar-refractivity contribution in [2.75, 3.05) is 18.1 Å². The molecule has 0 bridgehead atoms. The van der Waals surface area contributed by atoms with Crippen LogP contribution >= 0.6 is 0 Å². The van der Waals surface area contributed by atoms with Gasteiger partial charge in [0.05, 0.1) is 12.6 Å². The number of nitrogens with zero attached hydrogens (tertiary/aromatic N) is 2. The summed E-state index contributed by atoms with van der Waals surface area (Å²) in [5.74, 6) is 0.465. The average Bonchev–Trinajstić information content (AvgIpc) is 3.30. The van der Waals surface area contributed by atoms with Gasteiger partial charge in [-0.2, -0.15) is 0 Å². The summed E-state index contributed by atoms with van der Waals surface area (Å²) in [5, 5.41) is 3.04. The van der Waals surface area contributed by atoms with E-state index in [0.717, 1.165) is 23.6 Å². The number of aromatic nitrogens is 1. The van der Waals surface area contributed by atoms with E-state index in [1.54, 1.807) is 29.3 Å². The maximum Gasteiger partial charge on any atom is 0.573 e. The second-order valence-electron chi connectivity index (χ2n) is 8.11. The molecular formula is C26H24F3N3O4. The monoisotopic (exact) mass is 499 g/mol. The van der Waals surface area contributed by atoms with Gasteiger partial charge in [0.2, 0.25) is 5.91 Å². The predicted molar refractivity (Wildman–Crippen MR) is 126 cm³/mol. The number of halogens is 3. The number of ether oxygens (including phenoxy) is 2. The van der Waals surface area contributed by atoms with Crippen molar-refractivity contribution in [2.24, 2.45) is 0 Å². The Kier molecular flexibility index (Phi) is 7.72. The zero-order valence-corrected chi connectivity index (χ0v) is 19.2. The van der Waals surface area contributed by atoms with Gasteiger partial charge in [0.15, 0.2) is 0 Å². The van der Waals surface area contributed by atoms with Gasteiger partial charge in [-0.25, -0.2) is 0 Å². The third-order valence-corrected chi connectivity index (χ3v) is 5.57. The Hall–Kier alpha value is -4.08. The van der Waals surface area contributed by atoms with Crippen LogP contribution in [0.5, 0.6) is 11.5 Å². The fourth-order valence-electron chi connectivity index (χ4n) is 3.95. The number of para-hydroxylation sites is 1. The molecule has 1 aromatic heterocycles. The van der Waals surface area contributed by atoms with Crippen molar-refractivity contribution in [1.82, 2.24) is 10.3 Å². The van der Waals surface area contributed by atoms with Gasteiger partial charge in [0.25, 0.3) is 5.91 Å². The molecule has 188 valence electrons. The minimum absolute atomic E-state index is 0.111. The van der Waals surface area contributed by atoms with Gasteiger partial charge in [-0.3, -0.25) is 14.6 Å². The Morgan fingerprint density at radius 2 is 1.89 bits per heavy atom. The second kappa shape index (κ2) is 11.1. The highest BCUT2D eigenvalue weighted by Gasteiger charge is 2.31. The molecule has 3 aromatic rings. The van der Waals surface area contributed by atoms with E-state index in [9.17, 15) is 22.8 Å². The van der Waals surface area contributed by atoms with Crippen molar-refractivity contribution >= 4 is 17.5 Å². The maximum atomic E-state index is 12.7. The molecule has 2 aromatic carbocycles. The topological polar surface area (TPSA) is 80.8 Å². The van der Waals surface area contributed by atoms with Crippen molar-refractivity contribution in [3.8, 4) is 11.5 Å². The standard InChI is InChI=1S/C19H19N3O3.C7H5F3O/c23-17-7-3-10-22(17)14-5-1-4-13(12-14)19(24)21-15-8-11-25-16-6-2-9-20-18(15)16;8-7(9,10)11-6-4-2-1-3-5-6/h1-2,4-6,9,12,15H,3,7-8,10-11H2,(H,21,24);1-5H. The molecule has 2 amide bonds. The lowest BCUT2D eigenvalue weighted by molar-refractivity contribution is -0.274. The van der Waals surface area contributed by atoms with E-state index in [1.807, 2.05) is 24.3 Å². The number of carbonyl (C=O) groups is 2. The average molecular weight is 499 g/mol. The van der Waals surface area contributed by atoms with Crippen LogP contribution in [0.15, 0.2) is 72.9 Å². The van der Waals surface area contributed by atoms with Crippen LogP contribution in [0.3, 0.4) is 0 Å². The molecule has 1 atom stereocenters. The smallest absolute Gasteiger partial charge is 0.491 e. The Balaban J connectivity index is 0.000000233. The van der Waals surface area contributed by atoms with E-state index in [4.69, 9.17) is 4.74 Å². The van der Waals surface area contributed by atoms with Crippen LogP contribution in [-0.2, 0) is 4.79 Å². The molecule has 1 unspecified atom stereocenters. The van der Waals surface area contributed by atoms with Crippen molar-refractivity contribution in [2.45, 2.75) is 31.7 Å². The SMILES string of the molecule is FC(F)(F)Oc1ccccc1.O=C(NC1CCOc2cccnc21)c1cccc(N2CCCC2=O)c1. The van der Waals surface area contributed by atoms with Crippen molar-refractivity contribution < 1.29 is 32.2 Å². The summed E-state index contributed by atoms with van der Waals surface area (Å²) in [6.45, 7) is 1.26. The van der Waals surface area contributed by atoms with E-state index in [-0.39, 0.29) is 23.6 Å². The van der Waals surface area contributed by atoms with Crippen LogP contribution in [0.1, 0.15) is 41.4 Å². The minimum Gasteiger partial charge on any atom is -0.491 e. The van der Waals surface area contributed by atoms with Gasteiger partial charge in [-0.05, 0) is 48.9 Å². The molecular weight excluding hydrogens is 475 g/mol. The Bertz CT molecular complexity index is 1200. The summed E-state index contributed by atoms with van der Waals surface area (Å²) in [6.07, 6.45) is -0.783. The first-order valence-electron chi connectivity index (χ1n) is 11.4. The van der Waals surface area contributed by atoms with Gasteiger partial charge < -0.3 is 19.7 Å². The Morgan fingerprint density at radius 1 is 1.08 bits per heavy atom. The lowest BCUT2D eigenvalue weighted by Gasteiger charge is -2.25. The summed E-state index contributed by atoms with van der Waals surface area (Å²) in [6, 6.07) is 17.8. The highest BCUT2D eigenvalue weighted by Crippen LogP contribution is 2.30. The normalized spacial score (nSPS) is 16.8.